The molecule has 1 atom stereocenters. The molecular weight excluding hydrogens is 123 g/mol. The van der Waals surface area contributed by atoms with Gasteiger partial charge in [0.2, 0.25) is 0 Å². The zero-order valence-corrected chi connectivity index (χ0v) is 3.53. The van der Waals surface area contributed by atoms with E-state index in [2.05, 4.69) is 0 Å². The van der Waals surface area contributed by atoms with Crippen LogP contribution in [0.5, 0.6) is 0 Å². The molecule has 0 rings (SSSR count). The zero-order valence-electron chi connectivity index (χ0n) is 3.53. The number of hydrogen-bond donors (Lipinski definition) is 3. The van der Waals surface area contributed by atoms with Crippen molar-refractivity contribution in [2.24, 2.45) is 0 Å². The van der Waals surface area contributed by atoms with Gasteiger partial charge in [0.25, 0.3) is 0 Å². The second-order valence-electron chi connectivity index (χ2n) is 1.04. The molecule has 0 aromatic rings. The van der Waals surface area contributed by atoms with Crippen LogP contribution in [-0.4, -0.2) is 63.6 Å². The van der Waals surface area contributed by atoms with Gasteiger partial charge in [0, 0.05) is 0 Å². The Balaban J connectivity index is 0. The molecule has 1 unspecified atom stereocenters. The molecule has 0 bridgehead atoms. The van der Waals surface area contributed by atoms with Crippen LogP contribution in [0.1, 0.15) is 0 Å². The molecule has 0 saturated heterocycles. The van der Waals surface area contributed by atoms with E-state index in [1.807, 2.05) is 0 Å². The molecule has 0 aliphatic carbocycles. The van der Waals surface area contributed by atoms with Crippen molar-refractivity contribution in [2.75, 3.05) is 6.61 Å². The van der Waals surface area contributed by atoms with Crippen molar-refractivity contribution in [3.63, 3.8) is 0 Å². The average Bonchev–Trinajstić information content (AvgIpc) is 1.65. The third-order valence-electron chi connectivity index (χ3n) is 0.458. The first kappa shape index (κ1) is 11.2. The van der Waals surface area contributed by atoms with E-state index >= 15 is 0 Å². The summed E-state index contributed by atoms with van der Waals surface area (Å²) in [5.74, 6) is -1.40. The summed E-state index contributed by atoms with van der Waals surface area (Å²) in [6.07, 6.45) is -1.63. The SMILES string of the molecule is O=C(O)C(O)CO.[NaH]. The van der Waals surface area contributed by atoms with Gasteiger partial charge in [0.15, 0.2) is 6.10 Å². The van der Waals surface area contributed by atoms with E-state index in [-0.39, 0.29) is 29.6 Å². The summed E-state index contributed by atoms with van der Waals surface area (Å²) in [7, 11) is 0. The number of aliphatic hydroxyl groups is 2. The first-order valence-electron chi connectivity index (χ1n) is 1.70. The number of aliphatic carboxylic acids is 1. The van der Waals surface area contributed by atoms with Crippen molar-refractivity contribution in [1.29, 1.82) is 0 Å². The number of carbonyl (C=O) groups is 1. The topological polar surface area (TPSA) is 77.8 Å². The molecule has 8 heavy (non-hydrogen) atoms. The molecule has 0 aromatic carbocycles. The van der Waals surface area contributed by atoms with E-state index in [0.29, 0.717) is 0 Å². The second-order valence-corrected chi connectivity index (χ2v) is 1.04. The van der Waals surface area contributed by atoms with E-state index in [1.54, 1.807) is 0 Å². The molecule has 0 heterocycles. The normalized spacial score (nSPS) is 11.8. The van der Waals surface area contributed by atoms with Crippen molar-refractivity contribution >= 4 is 35.5 Å². The first-order chi connectivity index (χ1) is 3.18. The van der Waals surface area contributed by atoms with Crippen LogP contribution in [0, 0.1) is 0 Å². The van der Waals surface area contributed by atoms with Gasteiger partial charge in [-0.1, -0.05) is 0 Å². The fourth-order valence-corrected chi connectivity index (χ4v) is 0.0781. The molecule has 0 aliphatic rings. The van der Waals surface area contributed by atoms with Gasteiger partial charge in [0.1, 0.15) is 0 Å². The number of carboxylic acid groups (broad SMARTS) is 1. The Labute approximate surface area is 68.4 Å². The minimum absolute atomic E-state index is 0. The van der Waals surface area contributed by atoms with Crippen LogP contribution in [0.2, 0.25) is 0 Å². The maximum absolute atomic E-state index is 9.52. The third kappa shape index (κ3) is 4.55. The predicted octanol–water partition coefficient (Wildman–Crippen LogP) is -2.22. The molecule has 0 radical (unpaired) electrons. The summed E-state index contributed by atoms with van der Waals surface area (Å²) >= 11 is 0. The molecule has 4 nitrogen and oxygen atoms in total. The van der Waals surface area contributed by atoms with E-state index in [9.17, 15) is 4.79 Å². The molecule has 0 aliphatic heterocycles. The van der Waals surface area contributed by atoms with Crippen LogP contribution in [0.25, 0.3) is 0 Å². The van der Waals surface area contributed by atoms with Gasteiger partial charge < -0.3 is 15.3 Å². The zero-order chi connectivity index (χ0) is 5.86. The summed E-state index contributed by atoms with van der Waals surface area (Å²) < 4.78 is 0. The van der Waals surface area contributed by atoms with Gasteiger partial charge >= 0.3 is 35.5 Å². The molecule has 0 aromatic heterocycles. The van der Waals surface area contributed by atoms with E-state index in [4.69, 9.17) is 15.3 Å². The number of rotatable bonds is 2. The molecule has 0 spiro atoms. The molecule has 0 saturated carbocycles. The average molecular weight is 130 g/mol. The van der Waals surface area contributed by atoms with Crippen molar-refractivity contribution < 1.29 is 20.1 Å². The molecule has 0 fully saturated rings. The van der Waals surface area contributed by atoms with Gasteiger partial charge in [-0.05, 0) is 0 Å². The Hall–Kier alpha value is 0.390. The van der Waals surface area contributed by atoms with Crippen molar-refractivity contribution in [2.45, 2.75) is 6.10 Å². The summed E-state index contributed by atoms with van der Waals surface area (Å²) in [6.45, 7) is -0.727. The third-order valence-corrected chi connectivity index (χ3v) is 0.458. The Morgan fingerprint density at radius 1 is 1.62 bits per heavy atom. The summed E-state index contributed by atoms with van der Waals surface area (Å²) in [5.41, 5.74) is 0. The van der Waals surface area contributed by atoms with Crippen LogP contribution in [0.3, 0.4) is 0 Å². The predicted molar refractivity (Wildman–Crippen MR) is 27.9 cm³/mol. The Bertz CT molecular complexity index is 73.7. The molecule has 5 heteroatoms. The number of carboxylic acids is 1. The fourth-order valence-electron chi connectivity index (χ4n) is 0.0781. The quantitative estimate of drug-likeness (QED) is 0.370. The van der Waals surface area contributed by atoms with Gasteiger partial charge in [-0.3, -0.25) is 0 Å². The Morgan fingerprint density at radius 2 is 2.00 bits per heavy atom. The molecule has 44 valence electrons. The summed E-state index contributed by atoms with van der Waals surface area (Å²) in [4.78, 5) is 9.52. The van der Waals surface area contributed by atoms with Gasteiger partial charge in [-0.15, -0.1) is 0 Å². The number of hydrogen-bond acceptors (Lipinski definition) is 3. The Morgan fingerprint density at radius 3 is 2.00 bits per heavy atom. The van der Waals surface area contributed by atoms with Crippen LogP contribution in [0.15, 0.2) is 0 Å². The van der Waals surface area contributed by atoms with Gasteiger partial charge in [-0.25, -0.2) is 4.79 Å². The van der Waals surface area contributed by atoms with E-state index in [0.717, 1.165) is 0 Å². The van der Waals surface area contributed by atoms with Crippen LogP contribution in [0.4, 0.5) is 0 Å². The minimum atomic E-state index is -1.63. The van der Waals surface area contributed by atoms with Crippen molar-refractivity contribution in [1.82, 2.24) is 0 Å². The maximum atomic E-state index is 9.52. The second kappa shape index (κ2) is 5.53. The fraction of sp³-hybridized carbons (Fsp3) is 0.667. The molecular formula is C3H7NaO4. The van der Waals surface area contributed by atoms with Crippen LogP contribution < -0.4 is 0 Å². The summed E-state index contributed by atoms with van der Waals surface area (Å²) in [6, 6.07) is 0. The van der Waals surface area contributed by atoms with Crippen LogP contribution in [-0.2, 0) is 4.79 Å². The summed E-state index contributed by atoms with van der Waals surface area (Å²) in [5, 5.41) is 23.7. The van der Waals surface area contributed by atoms with E-state index < -0.39 is 18.7 Å². The van der Waals surface area contributed by atoms with Crippen molar-refractivity contribution in [3.05, 3.63) is 0 Å². The Kier molecular flexibility index (Phi) is 7.75. The first-order valence-corrected chi connectivity index (χ1v) is 1.70. The number of aliphatic hydroxyl groups excluding tert-OH is 2. The van der Waals surface area contributed by atoms with Crippen molar-refractivity contribution in [3.8, 4) is 0 Å². The van der Waals surface area contributed by atoms with Gasteiger partial charge in [0.05, 0.1) is 6.61 Å². The van der Waals surface area contributed by atoms with Gasteiger partial charge in [-0.2, -0.15) is 0 Å². The monoisotopic (exact) mass is 130 g/mol. The van der Waals surface area contributed by atoms with E-state index in [1.165, 1.54) is 0 Å². The standard InChI is InChI=1S/C3H6O4.Na.H/c4-1-2(5)3(6)7;;/h2,4-5H,1H2,(H,6,7);;. The van der Waals surface area contributed by atoms with Crippen LogP contribution >= 0.6 is 0 Å². The molecule has 3 N–H and O–H groups in total. The molecule has 0 amide bonds.